The van der Waals surface area contributed by atoms with Gasteiger partial charge in [0, 0.05) is 0 Å². The average molecular weight is 113 g/mol. The van der Waals surface area contributed by atoms with Gasteiger partial charge in [0.15, 0.2) is 0 Å². The van der Waals surface area contributed by atoms with Gasteiger partial charge in [0.25, 0.3) is 0 Å². The van der Waals surface area contributed by atoms with E-state index in [4.69, 9.17) is 0 Å². The molecule has 0 amide bonds. The second-order valence-corrected chi connectivity index (χ2v) is 1.79. The van der Waals surface area contributed by atoms with Crippen LogP contribution in [0.1, 0.15) is 6.92 Å². The maximum atomic E-state index is 3.71. The van der Waals surface area contributed by atoms with Crippen LogP contribution in [-0.2, 0) is 0 Å². The predicted molar refractivity (Wildman–Crippen MR) is 37.5 cm³/mol. The number of hydrogen-bond acceptors (Lipinski definition) is 1. The van der Waals surface area contributed by atoms with Gasteiger partial charge in [0.1, 0.15) is 0 Å². The second kappa shape index (κ2) is 4.20. The zero-order valence-electron chi connectivity index (χ0n) is 4.52. The second-order valence-electron chi connectivity index (χ2n) is 1.49. The van der Waals surface area contributed by atoms with Gasteiger partial charge in [-0.1, -0.05) is 0 Å². The van der Waals surface area contributed by atoms with Crippen molar-refractivity contribution in [3.05, 3.63) is 12.2 Å². The Hall–Kier alpha value is 0.0349. The summed E-state index contributed by atoms with van der Waals surface area (Å²) in [5.41, 5.74) is 1.14. The molecule has 0 aromatic heterocycles. The van der Waals surface area contributed by atoms with Crippen molar-refractivity contribution in [2.75, 3.05) is 0 Å². The van der Waals surface area contributed by atoms with Gasteiger partial charge in [-0.2, -0.15) is 0 Å². The third-order valence-electron chi connectivity index (χ3n) is 0.545. The fourth-order valence-corrected chi connectivity index (χ4v) is 0.314. The predicted octanol–water partition coefficient (Wildman–Crippen LogP) is 1.66. The molecule has 0 aliphatic carbocycles. The van der Waals surface area contributed by atoms with E-state index in [9.17, 15) is 0 Å². The zero-order valence-corrected chi connectivity index (χ0v) is 5.67. The summed E-state index contributed by atoms with van der Waals surface area (Å²) >= 11 is 0. The Kier molecular flexibility index (Phi) is 4.22. The number of rotatable bonds is 2. The first-order valence-corrected chi connectivity index (χ1v) is 2.65. The third-order valence-corrected chi connectivity index (χ3v) is 0.756. The third kappa shape index (κ3) is 6.03. The summed E-state index contributed by atoms with van der Waals surface area (Å²) in [6.07, 6.45) is 0.892. The van der Waals surface area contributed by atoms with Crippen molar-refractivity contribution in [1.29, 1.82) is 0 Å². The molecular weight excluding hydrogens is 104 g/mol. The molecule has 7 heavy (non-hydrogen) atoms. The zero-order chi connectivity index (χ0) is 5.70. The van der Waals surface area contributed by atoms with E-state index in [0.717, 1.165) is 11.9 Å². The van der Waals surface area contributed by atoms with Crippen molar-refractivity contribution in [1.82, 2.24) is 0 Å². The van der Waals surface area contributed by atoms with Crippen molar-refractivity contribution in [2.24, 2.45) is 4.67 Å². The molecule has 0 heterocycles. The van der Waals surface area contributed by atoms with Crippen LogP contribution in [-0.4, -0.2) is 7.07 Å². The topological polar surface area (TPSA) is 12.4 Å². The summed E-state index contributed by atoms with van der Waals surface area (Å²) in [5.74, 6) is 0. The van der Waals surface area contributed by atoms with E-state index >= 15 is 0 Å². The normalized spacial score (nSPS) is 8.86. The summed E-state index contributed by atoms with van der Waals surface area (Å²) in [6.45, 7) is 5.67. The van der Waals surface area contributed by atoms with Gasteiger partial charge in [-0.15, -0.1) is 0 Å². The number of allylic oxidation sites excluding steroid dienone is 1. The Morgan fingerprint density at radius 2 is 2.57 bits per heavy atom. The molecule has 0 saturated carbocycles. The van der Waals surface area contributed by atoms with Crippen molar-refractivity contribution >= 4 is 16.5 Å². The summed E-state index contributed by atoms with van der Waals surface area (Å²) in [6, 6.07) is 0. The molecule has 0 aromatic carbocycles. The molecule has 1 nitrogen and oxygen atoms in total. The van der Waals surface area contributed by atoms with Crippen LogP contribution in [0.15, 0.2) is 16.8 Å². The number of hydrogen-bond donors (Lipinski definition) is 0. The van der Waals surface area contributed by atoms with Gasteiger partial charge in [0.2, 0.25) is 0 Å². The average Bonchev–Trinajstić information content (AvgIpc) is 1.61. The summed E-state index contributed by atoms with van der Waals surface area (Å²) in [7, 11) is 4.09. The van der Waals surface area contributed by atoms with Crippen LogP contribution < -0.4 is 0 Å². The Balaban J connectivity index is 3.14. The maximum absolute atomic E-state index is 3.71. The minimum atomic E-state index is 0.892. The molecule has 0 saturated heterocycles. The molecule has 0 aliphatic rings. The SMILES string of the molecule is C=C(C)CB=NP. The fraction of sp³-hybridized carbons (Fsp3) is 0.500. The Morgan fingerprint density at radius 1 is 2.00 bits per heavy atom. The van der Waals surface area contributed by atoms with Gasteiger partial charge < -0.3 is 0 Å². The standard InChI is InChI=1S/C4H9BNP/c1-4(2)3-5-6-7/h1,3,7H2,2H3. The van der Waals surface area contributed by atoms with Crippen molar-refractivity contribution in [3.63, 3.8) is 0 Å². The van der Waals surface area contributed by atoms with E-state index in [1.54, 1.807) is 0 Å². The molecule has 38 valence electrons. The molecular formula is C4H9BNP. The molecule has 1 atom stereocenters. The van der Waals surface area contributed by atoms with Crippen LogP contribution in [0.4, 0.5) is 0 Å². The van der Waals surface area contributed by atoms with E-state index in [0.29, 0.717) is 0 Å². The molecule has 1 unspecified atom stereocenters. The molecule has 3 heteroatoms. The van der Waals surface area contributed by atoms with Crippen molar-refractivity contribution in [2.45, 2.75) is 13.2 Å². The van der Waals surface area contributed by atoms with Crippen LogP contribution in [0.25, 0.3) is 0 Å². The van der Waals surface area contributed by atoms with E-state index in [1.807, 2.05) is 14.0 Å². The van der Waals surface area contributed by atoms with Crippen LogP contribution in [0, 0.1) is 0 Å². The number of nitrogens with zero attached hydrogens (tertiary/aromatic N) is 1. The van der Waals surface area contributed by atoms with Gasteiger partial charge in [-0.25, -0.2) is 0 Å². The first kappa shape index (κ1) is 7.03. The fourth-order valence-electron chi connectivity index (χ4n) is 0.209. The summed E-state index contributed by atoms with van der Waals surface area (Å²) in [4.78, 5) is 0. The van der Waals surface area contributed by atoms with E-state index in [-0.39, 0.29) is 0 Å². The minimum absolute atomic E-state index is 0.892. The van der Waals surface area contributed by atoms with Crippen LogP contribution >= 0.6 is 9.39 Å². The van der Waals surface area contributed by atoms with Gasteiger partial charge in [-0.05, 0) is 0 Å². The Morgan fingerprint density at radius 3 is 2.71 bits per heavy atom. The van der Waals surface area contributed by atoms with Gasteiger partial charge >= 0.3 is 46.5 Å². The van der Waals surface area contributed by atoms with Crippen LogP contribution in [0.3, 0.4) is 0 Å². The van der Waals surface area contributed by atoms with Crippen LogP contribution in [0.5, 0.6) is 0 Å². The van der Waals surface area contributed by atoms with Crippen LogP contribution in [0.2, 0.25) is 6.32 Å². The quantitative estimate of drug-likeness (QED) is 0.293. The monoisotopic (exact) mass is 113 g/mol. The molecule has 0 rings (SSSR count). The Bertz CT molecular complexity index is 89.7. The molecule has 0 aliphatic heterocycles. The first-order chi connectivity index (χ1) is 3.27. The van der Waals surface area contributed by atoms with E-state index < -0.39 is 0 Å². The molecule has 0 spiro atoms. The summed E-state index contributed by atoms with van der Waals surface area (Å²) < 4.78 is 3.71. The molecule has 0 radical (unpaired) electrons. The van der Waals surface area contributed by atoms with E-state index in [1.165, 1.54) is 0 Å². The van der Waals surface area contributed by atoms with Gasteiger partial charge in [-0.3, -0.25) is 0 Å². The first-order valence-electron chi connectivity index (χ1n) is 2.13. The molecule has 0 aromatic rings. The van der Waals surface area contributed by atoms with Crippen molar-refractivity contribution in [3.8, 4) is 0 Å². The molecule has 0 fully saturated rings. The molecule has 0 bridgehead atoms. The molecule has 0 N–H and O–H groups in total. The Labute approximate surface area is 47.4 Å². The van der Waals surface area contributed by atoms with E-state index in [2.05, 4.69) is 20.6 Å². The van der Waals surface area contributed by atoms with Crippen molar-refractivity contribution < 1.29 is 0 Å². The summed E-state index contributed by atoms with van der Waals surface area (Å²) in [5, 5.41) is 0. The van der Waals surface area contributed by atoms with Gasteiger partial charge in [0.05, 0.1) is 0 Å².